The normalized spacial score (nSPS) is 14.7. The van der Waals surface area contributed by atoms with E-state index < -0.39 is 12.1 Å². The Morgan fingerprint density at radius 1 is 1.00 bits per heavy atom. The molecule has 1 unspecified atom stereocenters. The van der Waals surface area contributed by atoms with Gasteiger partial charge in [0.1, 0.15) is 28.7 Å². The quantitative estimate of drug-likeness (QED) is 0.384. The molecule has 0 aliphatic carbocycles. The number of carboxylic acid groups (broad SMARTS) is 1. The van der Waals surface area contributed by atoms with Gasteiger partial charge in [-0.25, -0.2) is 4.79 Å². The summed E-state index contributed by atoms with van der Waals surface area (Å²) in [6, 6.07) is 18.6. The summed E-state index contributed by atoms with van der Waals surface area (Å²) >= 11 is 6.34. The Morgan fingerprint density at radius 3 is 2.48 bits per heavy atom. The summed E-state index contributed by atoms with van der Waals surface area (Å²) in [5, 5.41) is 9.62. The minimum atomic E-state index is -0.947. The fraction of sp³-hybridized carbons (Fsp3) is 0.269. The van der Waals surface area contributed by atoms with E-state index >= 15 is 0 Å². The highest BCUT2D eigenvalue weighted by molar-refractivity contribution is 6.32. The topological polar surface area (TPSA) is 74.2 Å². The SMILES string of the molecule is Cc1ccc(Oc2ccc(OCCCOc3ccc4c(c3)OC(C(=O)O)CC4)c(Cl)c2)cc1. The van der Waals surface area contributed by atoms with Crippen LogP contribution in [0, 0.1) is 6.92 Å². The number of rotatable bonds is 9. The number of carboxylic acids is 1. The molecule has 0 aromatic heterocycles. The summed E-state index contributed by atoms with van der Waals surface area (Å²) in [6.07, 6.45) is 0.991. The highest BCUT2D eigenvalue weighted by Crippen LogP contribution is 2.33. The number of hydrogen-bond acceptors (Lipinski definition) is 5. The molecule has 3 aromatic rings. The highest BCUT2D eigenvalue weighted by Gasteiger charge is 2.25. The average Bonchev–Trinajstić information content (AvgIpc) is 2.81. The minimum absolute atomic E-state index is 0.431. The Kier molecular flexibility index (Phi) is 7.25. The standard InChI is InChI=1S/C26H25ClO6/c1-17-3-7-19(8-4-17)32-21-10-12-23(22(27)15-21)31-14-2-13-30-20-9-5-18-6-11-24(26(28)29)33-25(18)16-20/h3-5,7-10,12,15-16,24H,2,6,11,13-14H2,1H3,(H,28,29). The molecule has 1 heterocycles. The molecule has 0 spiro atoms. The van der Waals surface area contributed by atoms with Gasteiger partial charge in [-0.1, -0.05) is 35.4 Å². The van der Waals surface area contributed by atoms with Crippen molar-refractivity contribution in [3.8, 4) is 28.7 Å². The van der Waals surface area contributed by atoms with Crippen molar-refractivity contribution in [2.45, 2.75) is 32.3 Å². The molecule has 6 nitrogen and oxygen atoms in total. The third kappa shape index (κ3) is 6.11. The fourth-order valence-corrected chi connectivity index (χ4v) is 3.67. The summed E-state index contributed by atoms with van der Waals surface area (Å²) in [5.41, 5.74) is 2.16. The van der Waals surface area contributed by atoms with Gasteiger partial charge < -0.3 is 24.1 Å². The molecule has 0 saturated carbocycles. The molecule has 7 heteroatoms. The Bertz CT molecular complexity index is 1110. The smallest absolute Gasteiger partial charge is 0.344 e. The van der Waals surface area contributed by atoms with E-state index in [1.54, 1.807) is 18.2 Å². The largest absolute Gasteiger partial charge is 0.493 e. The molecule has 1 aliphatic heterocycles. The van der Waals surface area contributed by atoms with Crippen LogP contribution in [0.2, 0.25) is 5.02 Å². The first-order valence-electron chi connectivity index (χ1n) is 10.8. The average molecular weight is 469 g/mol. The molecule has 0 bridgehead atoms. The molecule has 3 aromatic carbocycles. The fourth-order valence-electron chi connectivity index (χ4n) is 3.45. The van der Waals surface area contributed by atoms with Crippen molar-refractivity contribution in [3.05, 3.63) is 76.8 Å². The number of hydrogen-bond donors (Lipinski definition) is 1. The Balaban J connectivity index is 1.23. The van der Waals surface area contributed by atoms with Crippen LogP contribution in [0.15, 0.2) is 60.7 Å². The third-order valence-electron chi connectivity index (χ3n) is 5.23. The van der Waals surface area contributed by atoms with Crippen LogP contribution >= 0.6 is 11.6 Å². The summed E-state index contributed by atoms with van der Waals surface area (Å²) in [7, 11) is 0. The van der Waals surface area contributed by atoms with Crippen molar-refractivity contribution in [1.82, 2.24) is 0 Å². The summed E-state index contributed by atoms with van der Waals surface area (Å²) < 4.78 is 22.9. The lowest BCUT2D eigenvalue weighted by Gasteiger charge is -2.23. The van der Waals surface area contributed by atoms with E-state index in [4.69, 9.17) is 35.7 Å². The number of halogens is 1. The van der Waals surface area contributed by atoms with Crippen molar-refractivity contribution in [2.24, 2.45) is 0 Å². The molecule has 0 saturated heterocycles. The van der Waals surface area contributed by atoms with Gasteiger partial charge in [-0.2, -0.15) is 0 Å². The van der Waals surface area contributed by atoms with Crippen LogP contribution in [0.3, 0.4) is 0 Å². The third-order valence-corrected chi connectivity index (χ3v) is 5.53. The molecule has 0 fully saturated rings. The van der Waals surface area contributed by atoms with Crippen LogP contribution < -0.4 is 18.9 Å². The molecule has 33 heavy (non-hydrogen) atoms. The number of carbonyl (C=O) groups is 1. The van der Waals surface area contributed by atoms with Crippen molar-refractivity contribution < 1.29 is 28.8 Å². The molecule has 0 radical (unpaired) electrons. The molecule has 172 valence electrons. The van der Waals surface area contributed by atoms with Crippen LogP contribution in [0.25, 0.3) is 0 Å². The highest BCUT2D eigenvalue weighted by atomic mass is 35.5. The first kappa shape index (κ1) is 22.8. The number of fused-ring (bicyclic) bond motifs is 1. The van der Waals surface area contributed by atoms with Gasteiger partial charge in [0.2, 0.25) is 0 Å². The molecule has 1 atom stereocenters. The van der Waals surface area contributed by atoms with Gasteiger partial charge in [-0.15, -0.1) is 0 Å². The van der Waals surface area contributed by atoms with E-state index in [2.05, 4.69) is 0 Å². The lowest BCUT2D eigenvalue weighted by molar-refractivity contribution is -0.145. The van der Waals surface area contributed by atoms with Gasteiger partial charge in [0.15, 0.2) is 6.10 Å². The van der Waals surface area contributed by atoms with Crippen molar-refractivity contribution in [1.29, 1.82) is 0 Å². The van der Waals surface area contributed by atoms with Crippen LogP contribution in [0.1, 0.15) is 24.0 Å². The molecular formula is C26H25ClO6. The predicted octanol–water partition coefficient (Wildman–Crippen LogP) is 6.07. The Labute approximate surface area is 197 Å². The lowest BCUT2D eigenvalue weighted by Crippen LogP contribution is -2.30. The molecular weight excluding hydrogens is 444 g/mol. The van der Waals surface area contributed by atoms with E-state index in [-0.39, 0.29) is 0 Å². The summed E-state index contributed by atoms with van der Waals surface area (Å²) in [4.78, 5) is 11.2. The maximum Gasteiger partial charge on any atom is 0.344 e. The van der Waals surface area contributed by atoms with E-state index in [9.17, 15) is 4.79 Å². The summed E-state index contributed by atoms with van der Waals surface area (Å²) in [6.45, 7) is 2.89. The number of ether oxygens (including phenoxy) is 4. The maximum absolute atomic E-state index is 11.2. The van der Waals surface area contributed by atoms with Crippen molar-refractivity contribution in [3.63, 3.8) is 0 Å². The number of aryl methyl sites for hydroxylation is 2. The van der Waals surface area contributed by atoms with Crippen molar-refractivity contribution in [2.75, 3.05) is 13.2 Å². The van der Waals surface area contributed by atoms with E-state index in [0.717, 1.165) is 11.3 Å². The zero-order valence-electron chi connectivity index (χ0n) is 18.3. The van der Waals surface area contributed by atoms with Gasteiger partial charge in [0, 0.05) is 18.6 Å². The van der Waals surface area contributed by atoms with Crippen molar-refractivity contribution >= 4 is 17.6 Å². The van der Waals surface area contributed by atoms with Gasteiger partial charge in [-0.3, -0.25) is 0 Å². The van der Waals surface area contributed by atoms with Gasteiger partial charge >= 0.3 is 5.97 Å². The second kappa shape index (κ2) is 10.5. The number of aliphatic carboxylic acids is 1. The molecule has 1 aliphatic rings. The Morgan fingerprint density at radius 2 is 1.73 bits per heavy atom. The van der Waals surface area contributed by atoms with Gasteiger partial charge in [0.05, 0.1) is 18.2 Å². The number of benzene rings is 3. The monoisotopic (exact) mass is 468 g/mol. The van der Waals surface area contributed by atoms with Gasteiger partial charge in [-0.05, 0) is 55.7 Å². The van der Waals surface area contributed by atoms with E-state index in [0.29, 0.717) is 60.5 Å². The molecule has 0 amide bonds. The van der Waals surface area contributed by atoms with Crippen LogP contribution in [-0.2, 0) is 11.2 Å². The lowest BCUT2D eigenvalue weighted by atomic mass is 10.0. The molecule has 1 N–H and O–H groups in total. The van der Waals surface area contributed by atoms with Crippen LogP contribution in [0.4, 0.5) is 0 Å². The zero-order valence-corrected chi connectivity index (χ0v) is 19.0. The summed E-state index contributed by atoms with van der Waals surface area (Å²) in [5.74, 6) is 2.22. The second-order valence-corrected chi connectivity index (χ2v) is 8.22. The first-order chi connectivity index (χ1) is 16.0. The van der Waals surface area contributed by atoms with Crippen LogP contribution in [0.5, 0.6) is 28.7 Å². The predicted molar refractivity (Wildman–Crippen MR) is 125 cm³/mol. The Hall–Kier alpha value is -3.38. The van der Waals surface area contributed by atoms with E-state index in [1.807, 2.05) is 49.4 Å². The van der Waals surface area contributed by atoms with Crippen LogP contribution in [-0.4, -0.2) is 30.4 Å². The first-order valence-corrected chi connectivity index (χ1v) is 11.2. The molecule has 4 rings (SSSR count). The van der Waals surface area contributed by atoms with E-state index in [1.165, 1.54) is 5.56 Å². The van der Waals surface area contributed by atoms with Gasteiger partial charge in [0.25, 0.3) is 0 Å². The second-order valence-electron chi connectivity index (χ2n) is 7.81. The zero-order chi connectivity index (χ0) is 23.2. The minimum Gasteiger partial charge on any atom is -0.493 e. The maximum atomic E-state index is 11.2.